The molecular formula is C14H18N2S. The smallest absolute Gasteiger partial charge is 0.134 e. The Morgan fingerprint density at radius 3 is 2.29 bits per heavy atom. The number of hydrogen-bond donors (Lipinski definition) is 1. The van der Waals surface area contributed by atoms with Crippen molar-refractivity contribution in [3.05, 3.63) is 35.4 Å². The van der Waals surface area contributed by atoms with Gasteiger partial charge in [-0.1, -0.05) is 55.9 Å². The minimum Gasteiger partial charge on any atom is -0.332 e. The van der Waals surface area contributed by atoms with E-state index in [0.29, 0.717) is 5.92 Å². The maximum atomic E-state index is 5.41. The van der Waals surface area contributed by atoms with Crippen LogP contribution in [0.4, 0.5) is 0 Å². The third kappa shape index (κ3) is 2.12. The summed E-state index contributed by atoms with van der Waals surface area (Å²) in [7, 11) is 0. The highest BCUT2D eigenvalue weighted by Gasteiger charge is 2.38. The van der Waals surface area contributed by atoms with Gasteiger partial charge in [0.2, 0.25) is 0 Å². The molecule has 0 bridgehead atoms. The Balaban J connectivity index is 2.36. The van der Waals surface area contributed by atoms with E-state index in [9.17, 15) is 0 Å². The minimum absolute atomic E-state index is 0.268. The molecule has 1 aliphatic heterocycles. The Kier molecular flexibility index (Phi) is 3.04. The Hall–Kier alpha value is -1.22. The van der Waals surface area contributed by atoms with E-state index in [4.69, 9.17) is 17.2 Å². The van der Waals surface area contributed by atoms with E-state index in [1.54, 1.807) is 0 Å². The largest absolute Gasteiger partial charge is 0.332 e. The average Bonchev–Trinajstić information content (AvgIpc) is 2.58. The molecule has 0 amide bonds. The Bertz CT molecular complexity index is 474. The van der Waals surface area contributed by atoms with Crippen LogP contribution in [0.25, 0.3) is 0 Å². The molecule has 2 nitrogen and oxygen atoms in total. The number of rotatable bonds is 2. The van der Waals surface area contributed by atoms with Gasteiger partial charge in [-0.25, -0.2) is 0 Å². The molecule has 1 aromatic rings. The quantitative estimate of drug-likeness (QED) is 0.811. The molecule has 0 radical (unpaired) electrons. The van der Waals surface area contributed by atoms with E-state index >= 15 is 0 Å². The van der Waals surface area contributed by atoms with Crippen molar-refractivity contribution >= 4 is 23.0 Å². The van der Waals surface area contributed by atoms with Gasteiger partial charge < -0.3 is 5.32 Å². The van der Waals surface area contributed by atoms with Gasteiger partial charge in [0.1, 0.15) is 16.4 Å². The van der Waals surface area contributed by atoms with Crippen molar-refractivity contribution < 1.29 is 0 Å². The SMILES string of the molecule is Cc1ccc(C2=NC(C)(C(C)C)C(=S)N2)cc1. The first-order valence-corrected chi connectivity index (χ1v) is 6.32. The minimum atomic E-state index is -0.268. The summed E-state index contributed by atoms with van der Waals surface area (Å²) in [6, 6.07) is 8.34. The fraction of sp³-hybridized carbons (Fsp3) is 0.429. The van der Waals surface area contributed by atoms with Gasteiger partial charge in [-0.05, 0) is 19.8 Å². The predicted octanol–water partition coefficient (Wildman–Crippen LogP) is 3.09. The van der Waals surface area contributed by atoms with E-state index in [2.05, 4.69) is 57.3 Å². The standard InChI is InChI=1S/C14H18N2S/c1-9(2)14(4)13(17)15-12(16-14)11-7-5-10(3)6-8-11/h5-9H,1-4H3,(H,15,16,17). The van der Waals surface area contributed by atoms with Crippen LogP contribution in [0.15, 0.2) is 29.3 Å². The second-order valence-corrected chi connectivity index (χ2v) is 5.49. The van der Waals surface area contributed by atoms with Crippen LogP contribution >= 0.6 is 12.2 Å². The molecule has 1 aromatic carbocycles. The predicted molar refractivity (Wildman–Crippen MR) is 76.7 cm³/mol. The number of aliphatic imine (C=N–C) groups is 1. The van der Waals surface area contributed by atoms with Crippen molar-refractivity contribution in [1.82, 2.24) is 5.32 Å². The van der Waals surface area contributed by atoms with E-state index in [0.717, 1.165) is 16.4 Å². The molecule has 3 heteroatoms. The van der Waals surface area contributed by atoms with Crippen LogP contribution in [0.2, 0.25) is 0 Å². The molecule has 1 unspecified atom stereocenters. The topological polar surface area (TPSA) is 24.4 Å². The zero-order chi connectivity index (χ0) is 12.6. The van der Waals surface area contributed by atoms with Gasteiger partial charge in [-0.2, -0.15) is 0 Å². The van der Waals surface area contributed by atoms with E-state index in [-0.39, 0.29) is 5.54 Å². The number of amidine groups is 1. The highest BCUT2D eigenvalue weighted by atomic mass is 32.1. The van der Waals surface area contributed by atoms with Crippen molar-refractivity contribution in [1.29, 1.82) is 0 Å². The van der Waals surface area contributed by atoms with Crippen LogP contribution in [0.5, 0.6) is 0 Å². The molecule has 0 spiro atoms. The summed E-state index contributed by atoms with van der Waals surface area (Å²) in [5.74, 6) is 1.29. The Morgan fingerprint density at radius 1 is 1.24 bits per heavy atom. The van der Waals surface area contributed by atoms with Crippen molar-refractivity contribution in [3.8, 4) is 0 Å². The lowest BCUT2D eigenvalue weighted by molar-refractivity contribution is 0.460. The molecule has 0 saturated heterocycles. The molecule has 0 aromatic heterocycles. The third-order valence-corrected chi connectivity index (χ3v) is 4.00. The summed E-state index contributed by atoms with van der Waals surface area (Å²) in [4.78, 5) is 5.59. The first kappa shape index (κ1) is 12.2. The summed E-state index contributed by atoms with van der Waals surface area (Å²) in [5, 5.41) is 3.24. The molecule has 1 atom stereocenters. The fourth-order valence-corrected chi connectivity index (χ4v) is 2.16. The Morgan fingerprint density at radius 2 is 1.82 bits per heavy atom. The summed E-state index contributed by atoms with van der Waals surface area (Å²) >= 11 is 5.41. The van der Waals surface area contributed by atoms with Gasteiger partial charge in [0.05, 0.1) is 0 Å². The van der Waals surface area contributed by atoms with Crippen LogP contribution in [-0.2, 0) is 0 Å². The van der Waals surface area contributed by atoms with Crippen molar-refractivity contribution in [3.63, 3.8) is 0 Å². The number of nitrogens with zero attached hydrogens (tertiary/aromatic N) is 1. The van der Waals surface area contributed by atoms with Gasteiger partial charge in [0.25, 0.3) is 0 Å². The van der Waals surface area contributed by atoms with Gasteiger partial charge in [0.15, 0.2) is 0 Å². The van der Waals surface area contributed by atoms with Crippen LogP contribution in [0, 0.1) is 12.8 Å². The zero-order valence-electron chi connectivity index (χ0n) is 10.7. The summed E-state index contributed by atoms with van der Waals surface area (Å²) in [6.07, 6.45) is 0. The third-order valence-electron chi connectivity index (χ3n) is 3.48. The molecule has 90 valence electrons. The van der Waals surface area contributed by atoms with Crippen molar-refractivity contribution in [2.75, 3.05) is 0 Å². The second-order valence-electron chi connectivity index (χ2n) is 5.08. The average molecular weight is 246 g/mol. The zero-order valence-corrected chi connectivity index (χ0v) is 11.6. The van der Waals surface area contributed by atoms with Crippen LogP contribution < -0.4 is 5.32 Å². The monoisotopic (exact) mass is 246 g/mol. The summed E-state index contributed by atoms with van der Waals surface area (Å²) < 4.78 is 0. The van der Waals surface area contributed by atoms with Gasteiger partial charge in [-0.3, -0.25) is 4.99 Å². The van der Waals surface area contributed by atoms with Crippen LogP contribution in [-0.4, -0.2) is 16.4 Å². The first-order valence-electron chi connectivity index (χ1n) is 5.92. The van der Waals surface area contributed by atoms with Gasteiger partial charge in [0, 0.05) is 5.56 Å². The normalized spacial score (nSPS) is 23.8. The lowest BCUT2D eigenvalue weighted by Crippen LogP contribution is -2.39. The number of aryl methyl sites for hydroxylation is 1. The molecule has 1 heterocycles. The van der Waals surface area contributed by atoms with Crippen LogP contribution in [0.1, 0.15) is 31.9 Å². The number of nitrogens with one attached hydrogen (secondary N) is 1. The lowest BCUT2D eigenvalue weighted by atomic mass is 9.90. The van der Waals surface area contributed by atoms with E-state index in [1.165, 1.54) is 5.56 Å². The molecule has 0 saturated carbocycles. The summed E-state index contributed by atoms with van der Waals surface area (Å²) in [6.45, 7) is 8.47. The summed E-state index contributed by atoms with van der Waals surface area (Å²) in [5.41, 5.74) is 2.08. The van der Waals surface area contributed by atoms with E-state index < -0.39 is 0 Å². The molecule has 1 aliphatic rings. The molecular weight excluding hydrogens is 228 g/mol. The molecule has 2 rings (SSSR count). The molecule has 0 fully saturated rings. The van der Waals surface area contributed by atoms with Crippen molar-refractivity contribution in [2.45, 2.75) is 33.2 Å². The number of thiocarbonyl (C=S) groups is 1. The maximum absolute atomic E-state index is 5.41. The van der Waals surface area contributed by atoms with Crippen LogP contribution in [0.3, 0.4) is 0 Å². The fourth-order valence-electron chi connectivity index (χ4n) is 1.78. The molecule has 0 aliphatic carbocycles. The lowest BCUT2D eigenvalue weighted by Gasteiger charge is -2.24. The Labute approximate surface area is 108 Å². The molecule has 17 heavy (non-hydrogen) atoms. The molecule has 1 N–H and O–H groups in total. The van der Waals surface area contributed by atoms with Gasteiger partial charge in [-0.15, -0.1) is 0 Å². The number of hydrogen-bond acceptors (Lipinski definition) is 2. The van der Waals surface area contributed by atoms with E-state index in [1.807, 2.05) is 0 Å². The number of benzene rings is 1. The van der Waals surface area contributed by atoms with Gasteiger partial charge >= 0.3 is 0 Å². The first-order chi connectivity index (χ1) is 7.93. The maximum Gasteiger partial charge on any atom is 0.134 e. The highest BCUT2D eigenvalue weighted by Crippen LogP contribution is 2.27. The second kappa shape index (κ2) is 4.22. The van der Waals surface area contributed by atoms with Crippen molar-refractivity contribution in [2.24, 2.45) is 10.9 Å². The highest BCUT2D eigenvalue weighted by molar-refractivity contribution is 7.80.